The number of amides is 1. The van der Waals surface area contributed by atoms with Gasteiger partial charge in [0.1, 0.15) is 11.5 Å². The van der Waals surface area contributed by atoms with E-state index in [4.69, 9.17) is 21.5 Å². The van der Waals surface area contributed by atoms with E-state index >= 15 is 0 Å². The Balaban J connectivity index is 1.17. The topological polar surface area (TPSA) is 176 Å². The summed E-state index contributed by atoms with van der Waals surface area (Å²) in [5, 5.41) is 33.9. The zero-order valence-electron chi connectivity index (χ0n) is 24.6. The number of aryl methyl sites for hydroxylation is 2. The molecule has 3 aromatic rings. The molecule has 0 saturated heterocycles. The van der Waals surface area contributed by atoms with Gasteiger partial charge in [0.05, 0.1) is 18.3 Å². The van der Waals surface area contributed by atoms with Gasteiger partial charge in [-0.1, -0.05) is 24.3 Å². The van der Waals surface area contributed by atoms with Crippen molar-refractivity contribution >= 4 is 28.1 Å². The van der Waals surface area contributed by atoms with E-state index in [1.807, 2.05) is 25.1 Å². The third-order valence-electron chi connectivity index (χ3n) is 8.13. The summed E-state index contributed by atoms with van der Waals surface area (Å²) in [6, 6.07) is 8.94. The van der Waals surface area contributed by atoms with Gasteiger partial charge in [-0.15, -0.1) is 11.3 Å². The fourth-order valence-electron chi connectivity index (χ4n) is 5.75. The van der Waals surface area contributed by atoms with E-state index < -0.39 is 6.10 Å². The number of unbranched alkanes of at least 4 members (excludes halogenated alkanes) is 1. The van der Waals surface area contributed by atoms with Gasteiger partial charge in [0.25, 0.3) is 0 Å². The number of hydrogen-bond donors (Lipinski definition) is 7. The van der Waals surface area contributed by atoms with Gasteiger partial charge in [0.15, 0.2) is 0 Å². The van der Waals surface area contributed by atoms with E-state index in [-0.39, 0.29) is 35.7 Å². The number of fused-ring (bicyclic) bond motifs is 1. The molecule has 10 nitrogen and oxygen atoms in total. The number of hydrogen-bond acceptors (Lipinski definition) is 9. The molecule has 1 aliphatic rings. The summed E-state index contributed by atoms with van der Waals surface area (Å²) in [4.78, 5) is 28.0. The van der Waals surface area contributed by atoms with Crippen LogP contribution in [0, 0.1) is 18.8 Å². The maximum atomic E-state index is 12.3. The van der Waals surface area contributed by atoms with Gasteiger partial charge >= 0.3 is 0 Å². The SMILES string of the molecule is Cc1sc(CC[C@H](O)/C=C/C2C(ON)CC(ON)C2C/C=C\CCCC(=O)NCCc2cc3cc(O)ccc3[nH]2)cc1O. The second-order valence-corrected chi connectivity index (χ2v) is 12.6. The summed E-state index contributed by atoms with van der Waals surface area (Å²) in [5.41, 5.74) is 1.97. The first kappa shape index (κ1) is 32.7. The first-order valence-corrected chi connectivity index (χ1v) is 15.7. The molecule has 1 fully saturated rings. The van der Waals surface area contributed by atoms with E-state index in [0.717, 1.165) is 39.2 Å². The molecule has 1 aromatic carbocycles. The van der Waals surface area contributed by atoms with Crippen LogP contribution < -0.4 is 17.1 Å². The van der Waals surface area contributed by atoms with Crippen molar-refractivity contribution in [2.24, 2.45) is 23.6 Å². The van der Waals surface area contributed by atoms with Gasteiger partial charge in [-0.05, 0) is 75.3 Å². The van der Waals surface area contributed by atoms with Crippen molar-refractivity contribution < 1.29 is 29.8 Å². The minimum atomic E-state index is -0.639. The lowest BCUT2D eigenvalue weighted by Crippen LogP contribution is -2.26. The van der Waals surface area contributed by atoms with Crippen LogP contribution in [0.25, 0.3) is 10.9 Å². The van der Waals surface area contributed by atoms with E-state index in [9.17, 15) is 20.1 Å². The van der Waals surface area contributed by atoms with Gasteiger partial charge < -0.3 is 35.3 Å². The molecule has 234 valence electrons. The number of nitrogens with two attached hydrogens (primary N) is 2. The lowest BCUT2D eigenvalue weighted by Gasteiger charge is -2.22. The number of phenolic OH excluding ortho intramolecular Hbond substituents is 1. The second-order valence-electron chi connectivity index (χ2n) is 11.2. The standard InChI is InChI=1S/C32H44N4O6S/c1-20-29(39)18-25(43-20)11-8-23(37)9-12-27-26(30(41-33)19-31(27)42-34)6-4-2-3-5-7-32(40)35-15-14-22-16-21-17-24(38)10-13-28(21)36-22/h2,4,9-10,12-13,16-18,23,26-27,30-31,36-39H,3,5-8,11,14-15,19,33-34H2,1H3,(H,35,40)/b4-2-,12-9+/t23-,26?,27?,30?,31?/m0/s1. The highest BCUT2D eigenvalue weighted by Crippen LogP contribution is 2.39. The minimum absolute atomic E-state index is 0.0206. The number of aliphatic hydroxyl groups is 1. The molecule has 2 heterocycles. The van der Waals surface area contributed by atoms with Crippen LogP contribution in [0.2, 0.25) is 0 Å². The molecule has 2 aromatic heterocycles. The number of nitrogens with one attached hydrogen (secondary N) is 2. The highest BCUT2D eigenvalue weighted by atomic mass is 32.1. The van der Waals surface area contributed by atoms with Crippen molar-refractivity contribution in [1.29, 1.82) is 0 Å². The van der Waals surface area contributed by atoms with Crippen molar-refractivity contribution in [3.8, 4) is 11.5 Å². The van der Waals surface area contributed by atoms with Crippen LogP contribution in [0.5, 0.6) is 11.5 Å². The molecule has 1 aliphatic carbocycles. The number of allylic oxidation sites excluding steroid dienone is 2. The minimum Gasteiger partial charge on any atom is -0.508 e. The molecular formula is C32H44N4O6S. The molecular weight excluding hydrogens is 568 g/mol. The number of thiophene rings is 1. The van der Waals surface area contributed by atoms with E-state index in [1.54, 1.807) is 24.3 Å². The summed E-state index contributed by atoms with van der Waals surface area (Å²) >= 11 is 1.54. The Kier molecular flexibility index (Phi) is 12.2. The predicted molar refractivity (Wildman–Crippen MR) is 168 cm³/mol. The molecule has 5 atom stereocenters. The molecule has 1 saturated carbocycles. The largest absolute Gasteiger partial charge is 0.508 e. The zero-order chi connectivity index (χ0) is 30.8. The van der Waals surface area contributed by atoms with Crippen LogP contribution in [0.1, 0.15) is 54.0 Å². The molecule has 9 N–H and O–H groups in total. The second kappa shape index (κ2) is 16.0. The highest BCUT2D eigenvalue weighted by Gasteiger charge is 2.42. The predicted octanol–water partition coefficient (Wildman–Crippen LogP) is 4.43. The number of aromatic hydroxyl groups is 2. The number of phenols is 1. The van der Waals surface area contributed by atoms with Gasteiger partial charge in [0, 0.05) is 58.1 Å². The lowest BCUT2D eigenvalue weighted by atomic mass is 9.89. The monoisotopic (exact) mass is 612 g/mol. The van der Waals surface area contributed by atoms with Crippen LogP contribution >= 0.6 is 11.3 Å². The summed E-state index contributed by atoms with van der Waals surface area (Å²) in [7, 11) is 0. The van der Waals surface area contributed by atoms with E-state index in [2.05, 4.69) is 22.5 Å². The maximum absolute atomic E-state index is 12.3. The van der Waals surface area contributed by atoms with Crippen molar-refractivity contribution in [2.75, 3.05) is 6.54 Å². The highest BCUT2D eigenvalue weighted by molar-refractivity contribution is 7.12. The number of benzene rings is 1. The number of aliphatic hydroxyl groups excluding tert-OH is 1. The molecule has 4 rings (SSSR count). The third-order valence-corrected chi connectivity index (χ3v) is 9.23. The Morgan fingerprint density at radius 2 is 1.98 bits per heavy atom. The summed E-state index contributed by atoms with van der Waals surface area (Å²) in [5.74, 6) is 11.7. The lowest BCUT2D eigenvalue weighted by molar-refractivity contribution is -0.121. The number of rotatable bonds is 16. The number of aromatic nitrogens is 1. The number of aromatic amines is 1. The van der Waals surface area contributed by atoms with Crippen molar-refractivity contribution in [2.45, 2.75) is 76.6 Å². The van der Waals surface area contributed by atoms with Gasteiger partial charge in [-0.3, -0.25) is 4.79 Å². The fraction of sp³-hybridized carbons (Fsp3) is 0.469. The van der Waals surface area contributed by atoms with E-state index in [0.29, 0.717) is 50.8 Å². The fourth-order valence-corrected chi connectivity index (χ4v) is 6.70. The molecule has 43 heavy (non-hydrogen) atoms. The Morgan fingerprint density at radius 1 is 1.16 bits per heavy atom. The summed E-state index contributed by atoms with van der Waals surface area (Å²) in [6.07, 6.45) is 11.9. The Morgan fingerprint density at radius 3 is 2.72 bits per heavy atom. The van der Waals surface area contributed by atoms with Crippen LogP contribution in [-0.2, 0) is 27.3 Å². The molecule has 0 spiro atoms. The molecule has 1 amide bonds. The third kappa shape index (κ3) is 9.40. The molecule has 0 radical (unpaired) electrons. The van der Waals surface area contributed by atoms with Crippen LogP contribution in [0.15, 0.2) is 54.6 Å². The average molecular weight is 613 g/mol. The number of carbonyl (C=O) groups is 1. The zero-order valence-corrected chi connectivity index (χ0v) is 25.4. The summed E-state index contributed by atoms with van der Waals surface area (Å²) in [6.45, 7) is 2.42. The van der Waals surface area contributed by atoms with Crippen LogP contribution in [0.3, 0.4) is 0 Å². The van der Waals surface area contributed by atoms with Gasteiger partial charge in [0.2, 0.25) is 5.91 Å². The Bertz CT molecular complexity index is 1370. The first-order chi connectivity index (χ1) is 20.8. The quantitative estimate of drug-likeness (QED) is 0.0706. The Hall–Kier alpha value is -3.19. The van der Waals surface area contributed by atoms with Gasteiger partial charge in [-0.2, -0.15) is 0 Å². The van der Waals surface area contributed by atoms with Crippen LogP contribution in [-0.4, -0.2) is 51.1 Å². The molecule has 0 aliphatic heterocycles. The van der Waals surface area contributed by atoms with Crippen molar-refractivity contribution in [1.82, 2.24) is 10.3 Å². The van der Waals surface area contributed by atoms with Crippen molar-refractivity contribution in [3.63, 3.8) is 0 Å². The maximum Gasteiger partial charge on any atom is 0.220 e. The summed E-state index contributed by atoms with van der Waals surface area (Å²) < 4.78 is 0. The van der Waals surface area contributed by atoms with Crippen molar-refractivity contribution in [3.05, 3.63) is 70.1 Å². The smallest absolute Gasteiger partial charge is 0.220 e. The number of H-pyrrole nitrogens is 1. The van der Waals surface area contributed by atoms with E-state index in [1.165, 1.54) is 11.3 Å². The molecule has 4 unspecified atom stereocenters. The van der Waals surface area contributed by atoms with Gasteiger partial charge in [-0.25, -0.2) is 11.8 Å². The Labute approximate surface area is 256 Å². The normalized spacial score (nSPS) is 21.4. The first-order valence-electron chi connectivity index (χ1n) is 14.9. The van der Waals surface area contributed by atoms with Crippen LogP contribution in [0.4, 0.5) is 0 Å². The average Bonchev–Trinajstić information content (AvgIpc) is 3.65. The molecule has 0 bridgehead atoms. The number of carbonyl (C=O) groups excluding carboxylic acids is 1. The molecule has 11 heteroatoms.